The highest BCUT2D eigenvalue weighted by atomic mass is 32.1. The predicted molar refractivity (Wildman–Crippen MR) is 112 cm³/mol. The first-order valence-electron chi connectivity index (χ1n) is 10.2. The second-order valence-electron chi connectivity index (χ2n) is 7.53. The highest BCUT2D eigenvalue weighted by Gasteiger charge is 2.36. The number of para-hydroxylation sites is 2. The lowest BCUT2D eigenvalue weighted by molar-refractivity contribution is -0.117. The molecule has 1 aliphatic heterocycles. The Morgan fingerprint density at radius 1 is 1.28 bits per heavy atom. The third kappa shape index (κ3) is 3.44. The summed E-state index contributed by atoms with van der Waals surface area (Å²) in [6, 6.07) is 9.84. The minimum absolute atomic E-state index is 0.0556. The number of nitrogens with zero attached hydrogens (tertiary/aromatic N) is 3. The van der Waals surface area contributed by atoms with Gasteiger partial charge in [0, 0.05) is 23.8 Å². The number of hydrogen-bond acceptors (Lipinski definition) is 6. The maximum atomic E-state index is 12.7. The minimum atomic E-state index is -0.0794. The van der Waals surface area contributed by atoms with Gasteiger partial charge in [0.1, 0.15) is 5.75 Å². The lowest BCUT2D eigenvalue weighted by Gasteiger charge is -2.19. The van der Waals surface area contributed by atoms with Gasteiger partial charge in [-0.2, -0.15) is 4.98 Å². The van der Waals surface area contributed by atoms with Gasteiger partial charge in [0.2, 0.25) is 5.91 Å². The van der Waals surface area contributed by atoms with E-state index >= 15 is 0 Å². The van der Waals surface area contributed by atoms with E-state index in [4.69, 9.17) is 9.26 Å². The summed E-state index contributed by atoms with van der Waals surface area (Å²) in [7, 11) is 0. The van der Waals surface area contributed by atoms with Crippen LogP contribution >= 0.6 is 11.3 Å². The molecule has 1 fully saturated rings. The average Bonchev–Trinajstić information content (AvgIpc) is 3.46. The van der Waals surface area contributed by atoms with E-state index < -0.39 is 0 Å². The van der Waals surface area contributed by atoms with Crippen LogP contribution in [-0.2, 0) is 17.6 Å². The number of benzene rings is 1. The van der Waals surface area contributed by atoms with E-state index in [1.807, 2.05) is 31.2 Å². The molecule has 0 spiro atoms. The number of hydrogen-bond donors (Lipinski definition) is 0. The molecule has 7 heteroatoms. The molecule has 2 aliphatic rings. The zero-order valence-electron chi connectivity index (χ0n) is 16.4. The molecule has 6 nitrogen and oxygen atoms in total. The lowest BCUT2D eigenvalue weighted by atomic mass is 9.99. The van der Waals surface area contributed by atoms with Gasteiger partial charge < -0.3 is 14.2 Å². The zero-order valence-corrected chi connectivity index (χ0v) is 17.2. The molecule has 1 aliphatic carbocycles. The van der Waals surface area contributed by atoms with Crippen molar-refractivity contribution in [2.75, 3.05) is 18.1 Å². The molecular formula is C22H23N3O3S. The number of amides is 1. The average molecular weight is 410 g/mol. The standard InChI is InChI=1S/C22H23N3O3S/c1-2-27-17-9-5-4-8-16(17)25-13-15(12-20(25)26)21-23-22(28-24-21)19-11-14-7-3-6-10-18(14)29-19/h4-5,8-9,11,15H,2-3,6-7,10,12-13H2,1H3. The van der Waals surface area contributed by atoms with E-state index in [0.29, 0.717) is 31.3 Å². The van der Waals surface area contributed by atoms with Crippen LogP contribution in [0.2, 0.25) is 0 Å². The molecule has 5 rings (SSSR count). The largest absolute Gasteiger partial charge is 0.492 e. The first-order valence-corrected chi connectivity index (χ1v) is 11.0. The highest BCUT2D eigenvalue weighted by molar-refractivity contribution is 7.15. The van der Waals surface area contributed by atoms with Crippen LogP contribution in [0.15, 0.2) is 34.9 Å². The number of ether oxygens (including phenoxy) is 1. The summed E-state index contributed by atoms with van der Waals surface area (Å²) in [5, 5.41) is 4.21. The van der Waals surface area contributed by atoms with Crippen LogP contribution in [0, 0.1) is 0 Å². The molecule has 3 heterocycles. The molecule has 150 valence electrons. The summed E-state index contributed by atoms with van der Waals surface area (Å²) in [5.41, 5.74) is 2.22. The summed E-state index contributed by atoms with van der Waals surface area (Å²) in [6.07, 6.45) is 5.16. The first kappa shape index (κ1) is 18.4. The molecule has 0 bridgehead atoms. The van der Waals surface area contributed by atoms with E-state index in [9.17, 15) is 4.79 Å². The van der Waals surface area contributed by atoms with Crippen molar-refractivity contribution in [3.05, 3.63) is 46.6 Å². The van der Waals surface area contributed by atoms with Gasteiger partial charge in [-0.1, -0.05) is 17.3 Å². The van der Waals surface area contributed by atoms with Gasteiger partial charge in [-0.25, -0.2) is 0 Å². The number of rotatable bonds is 5. The van der Waals surface area contributed by atoms with E-state index in [2.05, 4.69) is 16.2 Å². The van der Waals surface area contributed by atoms with Crippen LogP contribution in [-0.4, -0.2) is 29.2 Å². The second-order valence-corrected chi connectivity index (χ2v) is 8.67. The van der Waals surface area contributed by atoms with Gasteiger partial charge >= 0.3 is 0 Å². The fraction of sp³-hybridized carbons (Fsp3) is 0.409. The maximum Gasteiger partial charge on any atom is 0.268 e. The summed E-state index contributed by atoms with van der Waals surface area (Å²) in [4.78, 5) is 21.6. The highest BCUT2D eigenvalue weighted by Crippen LogP contribution is 2.38. The Bertz CT molecular complexity index is 1020. The summed E-state index contributed by atoms with van der Waals surface area (Å²) in [6.45, 7) is 3.03. The van der Waals surface area contributed by atoms with Gasteiger partial charge in [0.25, 0.3) is 5.89 Å². The molecule has 3 aromatic rings. The molecule has 1 aromatic carbocycles. The van der Waals surface area contributed by atoms with Crippen LogP contribution in [0.25, 0.3) is 10.8 Å². The lowest BCUT2D eigenvalue weighted by Crippen LogP contribution is -2.25. The molecule has 0 N–H and O–H groups in total. The Morgan fingerprint density at radius 2 is 2.14 bits per heavy atom. The van der Waals surface area contributed by atoms with Crippen LogP contribution in [0.4, 0.5) is 5.69 Å². The molecule has 1 atom stereocenters. The fourth-order valence-electron chi connectivity index (χ4n) is 4.17. The Hall–Kier alpha value is -2.67. The molecule has 0 saturated carbocycles. The van der Waals surface area contributed by atoms with Crippen molar-refractivity contribution in [1.82, 2.24) is 10.1 Å². The second kappa shape index (κ2) is 7.63. The maximum absolute atomic E-state index is 12.7. The van der Waals surface area contributed by atoms with Crippen molar-refractivity contribution in [3.8, 4) is 16.5 Å². The quantitative estimate of drug-likeness (QED) is 0.616. The summed E-state index contributed by atoms with van der Waals surface area (Å²) in [5.74, 6) is 1.88. The van der Waals surface area contributed by atoms with Crippen molar-refractivity contribution in [2.45, 2.75) is 44.9 Å². The SMILES string of the molecule is CCOc1ccccc1N1CC(c2noc(-c3cc4c(s3)CCCC4)n2)CC1=O. The number of fused-ring (bicyclic) bond motifs is 1. The Labute approximate surface area is 173 Å². The Balaban J connectivity index is 1.37. The van der Waals surface area contributed by atoms with Gasteiger partial charge in [-0.3, -0.25) is 4.79 Å². The summed E-state index contributed by atoms with van der Waals surface area (Å²) < 4.78 is 11.3. The summed E-state index contributed by atoms with van der Waals surface area (Å²) >= 11 is 1.76. The molecule has 0 radical (unpaired) electrons. The molecule has 1 saturated heterocycles. The zero-order chi connectivity index (χ0) is 19.8. The van der Waals surface area contributed by atoms with Crippen molar-refractivity contribution >= 4 is 22.9 Å². The van der Waals surface area contributed by atoms with Crippen molar-refractivity contribution in [2.24, 2.45) is 0 Å². The Kier molecular flexibility index (Phi) is 4.83. The van der Waals surface area contributed by atoms with Crippen LogP contribution in [0.3, 0.4) is 0 Å². The van der Waals surface area contributed by atoms with Crippen LogP contribution < -0.4 is 9.64 Å². The first-order chi connectivity index (χ1) is 14.2. The minimum Gasteiger partial charge on any atom is -0.492 e. The third-order valence-corrected chi connectivity index (χ3v) is 6.82. The predicted octanol–water partition coefficient (Wildman–Crippen LogP) is 4.60. The number of carbonyl (C=O) groups excluding carboxylic acids is 1. The van der Waals surface area contributed by atoms with Gasteiger partial charge in [0.15, 0.2) is 5.82 Å². The van der Waals surface area contributed by atoms with E-state index in [0.717, 1.165) is 29.2 Å². The normalized spacial score (nSPS) is 18.9. The van der Waals surface area contributed by atoms with Crippen molar-refractivity contribution in [1.29, 1.82) is 0 Å². The van der Waals surface area contributed by atoms with E-state index in [-0.39, 0.29) is 11.8 Å². The number of carbonyl (C=O) groups is 1. The van der Waals surface area contributed by atoms with Crippen molar-refractivity contribution < 1.29 is 14.1 Å². The molecule has 1 unspecified atom stereocenters. The van der Waals surface area contributed by atoms with Gasteiger partial charge in [-0.15, -0.1) is 11.3 Å². The molecule has 29 heavy (non-hydrogen) atoms. The molecular weight excluding hydrogens is 386 g/mol. The van der Waals surface area contributed by atoms with E-state index in [1.165, 1.54) is 23.3 Å². The van der Waals surface area contributed by atoms with Crippen LogP contribution in [0.1, 0.15) is 48.4 Å². The number of aryl methyl sites for hydroxylation is 2. The molecule has 1 amide bonds. The van der Waals surface area contributed by atoms with Gasteiger partial charge in [-0.05, 0) is 56.4 Å². The fourth-order valence-corrected chi connectivity index (χ4v) is 5.34. The molecule has 2 aromatic heterocycles. The van der Waals surface area contributed by atoms with E-state index in [1.54, 1.807) is 16.2 Å². The van der Waals surface area contributed by atoms with Gasteiger partial charge in [0.05, 0.1) is 17.2 Å². The third-order valence-electron chi connectivity index (χ3n) is 5.60. The Morgan fingerprint density at radius 3 is 3.00 bits per heavy atom. The monoisotopic (exact) mass is 409 g/mol. The number of thiophene rings is 1. The van der Waals surface area contributed by atoms with Crippen LogP contribution in [0.5, 0.6) is 5.75 Å². The smallest absolute Gasteiger partial charge is 0.268 e. The van der Waals surface area contributed by atoms with Crippen molar-refractivity contribution in [3.63, 3.8) is 0 Å². The topological polar surface area (TPSA) is 68.5 Å². The number of anilines is 1. The number of aromatic nitrogens is 2.